The maximum absolute atomic E-state index is 5.64. The summed E-state index contributed by atoms with van der Waals surface area (Å²) >= 11 is 5.64. The van der Waals surface area contributed by atoms with Crippen LogP contribution < -0.4 is 11.1 Å². The summed E-state index contributed by atoms with van der Waals surface area (Å²) in [7, 11) is 1.71. The minimum atomic E-state index is 0.104. The normalized spacial score (nSPS) is 24.7. The average molecular weight is 230 g/mol. The average Bonchev–Trinajstić information content (AvgIpc) is 2.08. The first-order chi connectivity index (χ1) is 7.17. The molecule has 1 saturated carbocycles. The number of nitrogens with zero attached hydrogens (tertiary/aromatic N) is 3. The smallest absolute Gasteiger partial charge is 0.229 e. The Labute approximate surface area is 92.2 Å². The van der Waals surface area contributed by atoms with Gasteiger partial charge in [-0.05, 0) is 24.4 Å². The molecular weight excluding hydrogens is 218 g/mol. The molecule has 1 aliphatic carbocycles. The van der Waals surface area contributed by atoms with Crippen LogP contribution in [0.4, 0.5) is 11.9 Å². The predicted octanol–water partition coefficient (Wildman–Crippen LogP) is 0.696. The van der Waals surface area contributed by atoms with Crippen LogP contribution in [0.3, 0.4) is 0 Å². The van der Waals surface area contributed by atoms with Crippen molar-refractivity contribution in [2.75, 3.05) is 18.2 Å². The van der Waals surface area contributed by atoms with E-state index in [-0.39, 0.29) is 11.2 Å². The molecule has 7 heteroatoms. The molecule has 0 bridgehead atoms. The van der Waals surface area contributed by atoms with E-state index in [4.69, 9.17) is 22.1 Å². The van der Waals surface area contributed by atoms with Crippen molar-refractivity contribution in [1.29, 1.82) is 0 Å². The van der Waals surface area contributed by atoms with Crippen molar-refractivity contribution in [1.82, 2.24) is 15.0 Å². The number of hydrogen-bond donors (Lipinski definition) is 2. The quantitative estimate of drug-likeness (QED) is 0.794. The second-order valence-electron chi connectivity index (χ2n) is 3.46. The molecule has 15 heavy (non-hydrogen) atoms. The molecular formula is C8H12ClN5O. The molecule has 0 saturated heterocycles. The third-order valence-electron chi connectivity index (χ3n) is 2.39. The second kappa shape index (κ2) is 4.16. The number of aromatic nitrogens is 3. The van der Waals surface area contributed by atoms with Crippen LogP contribution in [0.5, 0.6) is 0 Å². The standard InChI is InChI=1S/C8H12ClN5O/c1-15-5-2-4(3-5)11-8-13-6(9)12-7(10)14-8/h4-5H,2-3H2,1H3,(H3,10,11,12,13,14). The van der Waals surface area contributed by atoms with Crippen LogP contribution in [0.25, 0.3) is 0 Å². The van der Waals surface area contributed by atoms with E-state index in [1.54, 1.807) is 7.11 Å². The Kier molecular flexibility index (Phi) is 2.88. The van der Waals surface area contributed by atoms with Gasteiger partial charge in [0, 0.05) is 13.2 Å². The van der Waals surface area contributed by atoms with E-state index in [2.05, 4.69) is 20.3 Å². The van der Waals surface area contributed by atoms with Gasteiger partial charge in [-0.25, -0.2) is 0 Å². The highest BCUT2D eigenvalue weighted by molar-refractivity contribution is 6.28. The molecule has 0 unspecified atom stereocenters. The maximum Gasteiger partial charge on any atom is 0.229 e. The monoisotopic (exact) mass is 229 g/mol. The number of rotatable bonds is 3. The van der Waals surface area contributed by atoms with Crippen molar-refractivity contribution in [2.45, 2.75) is 25.0 Å². The number of nitrogen functional groups attached to an aromatic ring is 1. The van der Waals surface area contributed by atoms with E-state index in [1.807, 2.05) is 0 Å². The molecule has 0 aliphatic heterocycles. The Balaban J connectivity index is 1.94. The zero-order chi connectivity index (χ0) is 10.8. The van der Waals surface area contributed by atoms with Crippen LogP contribution in [0, 0.1) is 0 Å². The zero-order valence-corrected chi connectivity index (χ0v) is 9.03. The van der Waals surface area contributed by atoms with Crippen LogP contribution in [0.2, 0.25) is 5.28 Å². The fourth-order valence-electron chi connectivity index (χ4n) is 1.49. The molecule has 1 aliphatic rings. The molecule has 1 aromatic heterocycles. The molecule has 0 spiro atoms. The van der Waals surface area contributed by atoms with Crippen LogP contribution in [-0.4, -0.2) is 34.2 Å². The van der Waals surface area contributed by atoms with E-state index in [9.17, 15) is 0 Å². The molecule has 0 atom stereocenters. The van der Waals surface area contributed by atoms with Crippen molar-refractivity contribution >= 4 is 23.5 Å². The summed E-state index contributed by atoms with van der Waals surface area (Å²) in [5.41, 5.74) is 5.44. The fourth-order valence-corrected chi connectivity index (χ4v) is 1.66. The molecule has 3 N–H and O–H groups in total. The minimum Gasteiger partial charge on any atom is -0.381 e. The number of nitrogens with one attached hydrogen (secondary N) is 1. The topological polar surface area (TPSA) is 86.0 Å². The summed E-state index contributed by atoms with van der Waals surface area (Å²) in [6, 6.07) is 0.327. The lowest BCUT2D eigenvalue weighted by Crippen LogP contribution is -2.40. The first-order valence-corrected chi connectivity index (χ1v) is 5.01. The molecule has 0 radical (unpaired) electrons. The number of halogens is 1. The summed E-state index contributed by atoms with van der Waals surface area (Å²) in [6.07, 6.45) is 2.22. The SMILES string of the molecule is COC1CC(Nc2nc(N)nc(Cl)n2)C1. The van der Waals surface area contributed by atoms with Gasteiger partial charge in [-0.1, -0.05) is 0 Å². The van der Waals surface area contributed by atoms with Gasteiger partial charge in [-0.3, -0.25) is 0 Å². The lowest BCUT2D eigenvalue weighted by molar-refractivity contribution is 0.0327. The highest BCUT2D eigenvalue weighted by atomic mass is 35.5. The van der Waals surface area contributed by atoms with Gasteiger partial charge in [0.05, 0.1) is 6.10 Å². The molecule has 0 aromatic carbocycles. The largest absolute Gasteiger partial charge is 0.381 e. The first-order valence-electron chi connectivity index (χ1n) is 4.63. The molecule has 1 fully saturated rings. The van der Waals surface area contributed by atoms with Gasteiger partial charge in [0.2, 0.25) is 17.2 Å². The Bertz CT molecular complexity index is 335. The Morgan fingerprint density at radius 2 is 2.13 bits per heavy atom. The number of ether oxygens (including phenoxy) is 1. The van der Waals surface area contributed by atoms with Gasteiger partial charge in [0.1, 0.15) is 0 Å². The maximum atomic E-state index is 5.64. The number of nitrogens with two attached hydrogens (primary N) is 1. The van der Waals surface area contributed by atoms with E-state index < -0.39 is 0 Å². The van der Waals surface area contributed by atoms with E-state index in [0.29, 0.717) is 18.1 Å². The van der Waals surface area contributed by atoms with Crippen molar-refractivity contribution in [3.63, 3.8) is 0 Å². The number of methoxy groups -OCH3 is 1. The van der Waals surface area contributed by atoms with Crippen molar-refractivity contribution in [2.24, 2.45) is 0 Å². The molecule has 6 nitrogen and oxygen atoms in total. The first kappa shape index (κ1) is 10.4. The van der Waals surface area contributed by atoms with Gasteiger partial charge < -0.3 is 15.8 Å². The summed E-state index contributed by atoms with van der Waals surface area (Å²) < 4.78 is 5.16. The Morgan fingerprint density at radius 1 is 1.40 bits per heavy atom. The van der Waals surface area contributed by atoms with Crippen LogP contribution in [0.1, 0.15) is 12.8 Å². The van der Waals surface area contributed by atoms with Gasteiger partial charge in [0.15, 0.2) is 0 Å². The molecule has 82 valence electrons. The third-order valence-corrected chi connectivity index (χ3v) is 2.56. The lowest BCUT2D eigenvalue weighted by atomic mass is 9.89. The summed E-state index contributed by atoms with van der Waals surface area (Å²) in [6.45, 7) is 0. The molecule has 2 rings (SSSR count). The van der Waals surface area contributed by atoms with Gasteiger partial charge in [-0.15, -0.1) is 0 Å². The second-order valence-corrected chi connectivity index (χ2v) is 3.79. The van der Waals surface area contributed by atoms with Gasteiger partial charge in [-0.2, -0.15) is 15.0 Å². The molecule has 1 aromatic rings. The van der Waals surface area contributed by atoms with Crippen LogP contribution >= 0.6 is 11.6 Å². The van der Waals surface area contributed by atoms with Crippen molar-refractivity contribution in [3.8, 4) is 0 Å². The van der Waals surface area contributed by atoms with E-state index in [1.165, 1.54) is 0 Å². The number of hydrogen-bond acceptors (Lipinski definition) is 6. The highest BCUT2D eigenvalue weighted by Gasteiger charge is 2.29. The van der Waals surface area contributed by atoms with Gasteiger partial charge in [0.25, 0.3) is 0 Å². The van der Waals surface area contributed by atoms with E-state index in [0.717, 1.165) is 12.8 Å². The van der Waals surface area contributed by atoms with Crippen molar-refractivity contribution in [3.05, 3.63) is 5.28 Å². The van der Waals surface area contributed by atoms with Gasteiger partial charge >= 0.3 is 0 Å². The lowest BCUT2D eigenvalue weighted by Gasteiger charge is -2.34. The van der Waals surface area contributed by atoms with Crippen molar-refractivity contribution < 1.29 is 4.74 Å². The zero-order valence-electron chi connectivity index (χ0n) is 8.27. The fraction of sp³-hybridized carbons (Fsp3) is 0.625. The summed E-state index contributed by atoms with van der Waals surface area (Å²) in [5, 5.41) is 3.22. The number of anilines is 2. The van der Waals surface area contributed by atoms with Crippen LogP contribution in [-0.2, 0) is 4.74 Å². The summed E-state index contributed by atoms with van der Waals surface area (Å²) in [5.74, 6) is 0.548. The predicted molar refractivity (Wildman–Crippen MR) is 56.7 cm³/mol. The highest BCUT2D eigenvalue weighted by Crippen LogP contribution is 2.25. The third kappa shape index (κ3) is 2.45. The molecule has 1 heterocycles. The minimum absolute atomic E-state index is 0.104. The Morgan fingerprint density at radius 3 is 2.73 bits per heavy atom. The summed E-state index contributed by atoms with van der Waals surface area (Å²) in [4.78, 5) is 11.5. The van der Waals surface area contributed by atoms with E-state index >= 15 is 0 Å². The molecule has 0 amide bonds. The Hall–Kier alpha value is -1.14. The van der Waals surface area contributed by atoms with Crippen LogP contribution in [0.15, 0.2) is 0 Å².